The maximum Gasteiger partial charge on any atom is 0.416 e. The summed E-state index contributed by atoms with van der Waals surface area (Å²) in [5.41, 5.74) is 5.18. The Kier molecular flexibility index (Phi) is 7.52. The fourth-order valence-electron chi connectivity index (χ4n) is 4.07. The first-order chi connectivity index (χ1) is 15.0. The molecule has 2 aromatic carbocycles. The van der Waals surface area contributed by atoms with Crippen molar-refractivity contribution in [1.29, 1.82) is 0 Å². The van der Waals surface area contributed by atoms with Crippen LogP contribution in [0.25, 0.3) is 0 Å². The number of primary amides is 1. The molecule has 3 rings (SSSR count). The van der Waals surface area contributed by atoms with Crippen molar-refractivity contribution in [2.24, 2.45) is 11.7 Å². The van der Waals surface area contributed by atoms with Crippen LogP contribution in [0, 0.1) is 5.92 Å². The molecule has 2 aromatic rings. The normalized spacial score (nSPS) is 20.2. The lowest BCUT2D eigenvalue weighted by molar-refractivity contribution is -0.137. The van der Waals surface area contributed by atoms with Gasteiger partial charge in [0.05, 0.1) is 16.4 Å². The summed E-state index contributed by atoms with van der Waals surface area (Å²) in [6.07, 6.45) is -1.30. The number of halogens is 4. The number of hydrogen-bond acceptors (Lipinski definition) is 3. The maximum absolute atomic E-state index is 13.6. The Bertz CT molecular complexity index is 1040. The molecule has 0 spiro atoms. The molecule has 2 unspecified atom stereocenters. The second-order valence-corrected chi connectivity index (χ2v) is 10.2. The second-order valence-electron chi connectivity index (χ2n) is 7.91. The van der Waals surface area contributed by atoms with Gasteiger partial charge in [0.15, 0.2) is 0 Å². The van der Waals surface area contributed by atoms with Crippen LogP contribution in [-0.2, 0) is 27.5 Å². The van der Waals surface area contributed by atoms with E-state index in [-0.39, 0.29) is 11.4 Å². The molecule has 0 heterocycles. The molecule has 10 heteroatoms. The fourth-order valence-corrected chi connectivity index (χ4v) is 5.87. The minimum atomic E-state index is -4.49. The van der Waals surface area contributed by atoms with Gasteiger partial charge in [-0.3, -0.25) is 4.79 Å². The Hall–Kier alpha value is -2.10. The minimum Gasteiger partial charge on any atom is -0.369 e. The molecule has 2 N–H and O–H groups in total. The lowest BCUT2D eigenvalue weighted by Crippen LogP contribution is -2.47. The van der Waals surface area contributed by atoms with Crippen LogP contribution in [0.1, 0.15) is 43.2 Å². The minimum absolute atomic E-state index is 0.0127. The number of amides is 1. The Morgan fingerprint density at radius 2 is 1.59 bits per heavy atom. The van der Waals surface area contributed by atoms with E-state index in [1.807, 2.05) is 0 Å². The molecule has 1 amide bonds. The highest BCUT2D eigenvalue weighted by Gasteiger charge is 2.39. The van der Waals surface area contributed by atoms with Gasteiger partial charge in [-0.15, -0.1) is 0 Å². The highest BCUT2D eigenvalue weighted by atomic mass is 35.5. The van der Waals surface area contributed by atoms with Crippen LogP contribution in [-0.4, -0.2) is 24.7 Å². The molecule has 0 saturated heterocycles. The summed E-state index contributed by atoms with van der Waals surface area (Å²) < 4.78 is 67.2. The van der Waals surface area contributed by atoms with E-state index < -0.39 is 39.6 Å². The van der Waals surface area contributed by atoms with E-state index in [4.69, 9.17) is 17.3 Å². The van der Waals surface area contributed by atoms with Crippen molar-refractivity contribution in [2.45, 2.75) is 55.8 Å². The van der Waals surface area contributed by atoms with Gasteiger partial charge in [0.2, 0.25) is 15.9 Å². The topological polar surface area (TPSA) is 80.5 Å². The number of carbonyl (C=O) groups is 1. The number of hydrogen-bond donors (Lipinski definition) is 1. The lowest BCUT2D eigenvalue weighted by Gasteiger charge is -2.34. The molecular formula is C22H24ClF3N2O3S. The summed E-state index contributed by atoms with van der Waals surface area (Å²) in [5.74, 6) is -1.27. The maximum atomic E-state index is 13.6. The molecule has 0 aliphatic heterocycles. The van der Waals surface area contributed by atoms with Crippen molar-refractivity contribution in [3.8, 4) is 0 Å². The molecule has 0 radical (unpaired) electrons. The number of rotatable bonds is 6. The van der Waals surface area contributed by atoms with Crippen molar-refractivity contribution >= 4 is 27.5 Å². The van der Waals surface area contributed by atoms with Gasteiger partial charge < -0.3 is 5.73 Å². The van der Waals surface area contributed by atoms with Crippen LogP contribution in [0.3, 0.4) is 0 Å². The third-order valence-corrected chi connectivity index (χ3v) is 7.89. The van der Waals surface area contributed by atoms with E-state index in [9.17, 15) is 26.4 Å². The van der Waals surface area contributed by atoms with Gasteiger partial charge in [-0.05, 0) is 54.8 Å². The third-order valence-electron chi connectivity index (χ3n) is 5.75. The van der Waals surface area contributed by atoms with Gasteiger partial charge >= 0.3 is 6.18 Å². The van der Waals surface area contributed by atoms with Gasteiger partial charge in [-0.1, -0.05) is 43.0 Å². The highest BCUT2D eigenvalue weighted by molar-refractivity contribution is 7.89. The molecule has 5 nitrogen and oxygen atoms in total. The smallest absolute Gasteiger partial charge is 0.369 e. The van der Waals surface area contributed by atoms with Gasteiger partial charge in [-0.2, -0.15) is 17.5 Å². The monoisotopic (exact) mass is 488 g/mol. The Morgan fingerprint density at radius 1 is 1.00 bits per heavy atom. The number of carbonyl (C=O) groups excluding carboxylic acids is 1. The first kappa shape index (κ1) is 24.5. The summed E-state index contributed by atoms with van der Waals surface area (Å²) in [6, 6.07) is 9.28. The zero-order chi connectivity index (χ0) is 23.5. The fraction of sp³-hybridized carbons (Fsp3) is 0.409. The molecule has 0 aromatic heterocycles. The number of sulfonamides is 1. The van der Waals surface area contributed by atoms with E-state index in [2.05, 4.69) is 0 Å². The van der Waals surface area contributed by atoms with Crippen molar-refractivity contribution in [3.63, 3.8) is 0 Å². The van der Waals surface area contributed by atoms with Gasteiger partial charge in [0, 0.05) is 17.6 Å². The number of alkyl halides is 3. The summed E-state index contributed by atoms with van der Waals surface area (Å²) in [7, 11) is -4.09. The predicted octanol–water partition coefficient (Wildman–Crippen LogP) is 4.98. The first-order valence-corrected chi connectivity index (χ1v) is 12.0. The van der Waals surface area contributed by atoms with Crippen LogP contribution in [0.5, 0.6) is 0 Å². The quantitative estimate of drug-likeness (QED) is 0.582. The van der Waals surface area contributed by atoms with Gasteiger partial charge in [0.1, 0.15) is 0 Å². The summed E-state index contributed by atoms with van der Waals surface area (Å²) in [6.45, 7) is -0.183. The lowest BCUT2D eigenvalue weighted by atomic mass is 9.93. The zero-order valence-corrected chi connectivity index (χ0v) is 18.8. The van der Waals surface area contributed by atoms with E-state index in [0.717, 1.165) is 25.0 Å². The van der Waals surface area contributed by atoms with Crippen molar-refractivity contribution < 1.29 is 26.4 Å². The predicted molar refractivity (Wildman–Crippen MR) is 115 cm³/mol. The highest BCUT2D eigenvalue weighted by Crippen LogP contribution is 2.34. The van der Waals surface area contributed by atoms with Crippen molar-refractivity contribution in [2.75, 3.05) is 0 Å². The molecule has 32 heavy (non-hydrogen) atoms. The standard InChI is InChI=1S/C22H24ClF3N2O3S/c23-17-10-12-18(13-11-17)32(30,31)28(20-5-3-1-2-4-19(20)21(27)29)14-15-6-8-16(9-7-15)22(24,25)26/h6-13,19-20H,1-5,14H2,(H2,27,29). The zero-order valence-electron chi connectivity index (χ0n) is 17.2. The largest absolute Gasteiger partial charge is 0.416 e. The summed E-state index contributed by atoms with van der Waals surface area (Å²) >= 11 is 5.90. The average molecular weight is 489 g/mol. The number of nitrogens with two attached hydrogens (primary N) is 1. The van der Waals surface area contributed by atoms with E-state index in [0.29, 0.717) is 29.8 Å². The van der Waals surface area contributed by atoms with Crippen LogP contribution < -0.4 is 5.73 Å². The van der Waals surface area contributed by atoms with E-state index in [1.165, 1.54) is 40.7 Å². The second kappa shape index (κ2) is 9.80. The first-order valence-electron chi connectivity index (χ1n) is 10.2. The average Bonchev–Trinajstić information content (AvgIpc) is 2.98. The van der Waals surface area contributed by atoms with Gasteiger partial charge in [0.25, 0.3) is 0 Å². The molecule has 2 atom stereocenters. The number of nitrogens with zero attached hydrogens (tertiary/aromatic N) is 1. The van der Waals surface area contributed by atoms with Crippen molar-refractivity contribution in [1.82, 2.24) is 4.31 Å². The molecule has 1 fully saturated rings. The Morgan fingerprint density at radius 3 is 2.16 bits per heavy atom. The Labute approximate surface area is 190 Å². The van der Waals surface area contributed by atoms with Crippen molar-refractivity contribution in [3.05, 3.63) is 64.7 Å². The van der Waals surface area contributed by atoms with Gasteiger partial charge in [-0.25, -0.2) is 8.42 Å². The van der Waals surface area contributed by atoms with E-state index >= 15 is 0 Å². The Balaban J connectivity index is 2.04. The van der Waals surface area contributed by atoms with Crippen LogP contribution in [0.2, 0.25) is 5.02 Å². The molecule has 1 aliphatic carbocycles. The molecule has 0 bridgehead atoms. The third kappa shape index (κ3) is 5.63. The van der Waals surface area contributed by atoms with Crippen LogP contribution >= 0.6 is 11.6 Å². The summed E-state index contributed by atoms with van der Waals surface area (Å²) in [5, 5.41) is 0.364. The number of benzene rings is 2. The molecule has 174 valence electrons. The summed E-state index contributed by atoms with van der Waals surface area (Å²) in [4.78, 5) is 12.2. The SMILES string of the molecule is NC(=O)C1CCCCCC1N(Cc1ccc(C(F)(F)F)cc1)S(=O)(=O)c1ccc(Cl)cc1. The van der Waals surface area contributed by atoms with Crippen LogP contribution in [0.15, 0.2) is 53.4 Å². The molecule has 1 aliphatic rings. The van der Waals surface area contributed by atoms with E-state index in [1.54, 1.807) is 0 Å². The molecule has 1 saturated carbocycles. The van der Waals surface area contributed by atoms with Crippen LogP contribution in [0.4, 0.5) is 13.2 Å². The molecular weight excluding hydrogens is 465 g/mol.